The largest absolute Gasteiger partial charge is 0.479 e. The molecule has 1 aromatic carbocycles. The van der Waals surface area contributed by atoms with E-state index in [-0.39, 0.29) is 35.9 Å². The number of anilines is 1. The number of halogens is 5. The number of amides is 1. The lowest BCUT2D eigenvalue weighted by Gasteiger charge is -2.38. The van der Waals surface area contributed by atoms with Crippen molar-refractivity contribution in [2.24, 2.45) is 0 Å². The SMILES string of the molecule is COc1nc(N[C@@H]2CCN(C(=O)CO)CC2(F)F)nn2cc(F)c(-c3ccc4ncn(CC(F)F)c4c3)c12. The lowest BCUT2D eigenvalue weighted by molar-refractivity contribution is -0.145. The molecule has 1 aliphatic rings. The van der Waals surface area contributed by atoms with Crippen LogP contribution in [0, 0.1) is 5.82 Å². The first kappa shape index (κ1) is 25.6. The van der Waals surface area contributed by atoms with Crippen LogP contribution in [0.5, 0.6) is 5.88 Å². The number of aliphatic hydroxyl groups is 1. The van der Waals surface area contributed by atoms with E-state index in [4.69, 9.17) is 9.84 Å². The molecule has 0 radical (unpaired) electrons. The average Bonchev–Trinajstić information content (AvgIpc) is 3.42. The Labute approximate surface area is 211 Å². The van der Waals surface area contributed by atoms with E-state index in [1.807, 2.05) is 0 Å². The van der Waals surface area contributed by atoms with Crippen molar-refractivity contribution in [1.29, 1.82) is 0 Å². The minimum Gasteiger partial charge on any atom is -0.479 e. The van der Waals surface area contributed by atoms with Crippen LogP contribution in [0.4, 0.5) is 27.9 Å². The number of nitrogens with one attached hydrogen (secondary N) is 1. The Morgan fingerprint density at radius 2 is 2.13 bits per heavy atom. The Morgan fingerprint density at radius 1 is 1.34 bits per heavy atom. The summed E-state index contributed by atoms with van der Waals surface area (Å²) in [4.78, 5) is 20.7. The third-order valence-corrected chi connectivity index (χ3v) is 6.38. The number of ether oxygens (including phenoxy) is 1. The van der Waals surface area contributed by atoms with E-state index >= 15 is 4.39 Å². The Hall–Kier alpha value is -4.01. The lowest BCUT2D eigenvalue weighted by Crippen LogP contribution is -2.56. The number of fused-ring (bicyclic) bond motifs is 2. The Bertz CT molecular complexity index is 1510. The molecule has 0 aliphatic carbocycles. The molecule has 0 bridgehead atoms. The van der Waals surface area contributed by atoms with Crippen molar-refractivity contribution in [1.82, 2.24) is 29.0 Å². The third kappa shape index (κ3) is 4.57. The maximum Gasteiger partial charge on any atom is 0.285 e. The number of nitrogens with zero attached hydrogens (tertiary/aromatic N) is 6. The molecule has 5 rings (SSSR count). The number of likely N-dealkylation sites (tertiary alicyclic amines) is 1. The molecule has 3 aromatic heterocycles. The van der Waals surface area contributed by atoms with Crippen LogP contribution in [0.3, 0.4) is 0 Å². The molecule has 0 saturated carbocycles. The van der Waals surface area contributed by atoms with Gasteiger partial charge in [-0.1, -0.05) is 6.07 Å². The van der Waals surface area contributed by atoms with Gasteiger partial charge >= 0.3 is 0 Å². The van der Waals surface area contributed by atoms with E-state index < -0.39 is 49.8 Å². The maximum absolute atomic E-state index is 15.2. The van der Waals surface area contributed by atoms with E-state index in [2.05, 4.69) is 20.4 Å². The zero-order chi connectivity index (χ0) is 27.2. The number of carbonyl (C=O) groups excluding carboxylic acids is 1. The van der Waals surface area contributed by atoms with Crippen LogP contribution in [0.25, 0.3) is 27.7 Å². The first-order valence-corrected chi connectivity index (χ1v) is 11.5. The van der Waals surface area contributed by atoms with Crippen LogP contribution < -0.4 is 10.1 Å². The predicted molar refractivity (Wildman–Crippen MR) is 125 cm³/mol. The first-order valence-electron chi connectivity index (χ1n) is 11.5. The Morgan fingerprint density at radius 3 is 2.82 bits per heavy atom. The molecule has 1 amide bonds. The Kier molecular flexibility index (Phi) is 6.54. The number of piperidine rings is 1. The van der Waals surface area contributed by atoms with E-state index in [9.17, 15) is 22.4 Å². The number of benzene rings is 1. The second-order valence-corrected chi connectivity index (χ2v) is 8.80. The molecule has 38 heavy (non-hydrogen) atoms. The first-order chi connectivity index (χ1) is 18.1. The van der Waals surface area contributed by atoms with Crippen molar-refractivity contribution in [2.45, 2.75) is 31.4 Å². The maximum atomic E-state index is 15.2. The number of hydrogen-bond acceptors (Lipinski definition) is 7. The fourth-order valence-corrected chi connectivity index (χ4v) is 4.59. The highest BCUT2D eigenvalue weighted by molar-refractivity contribution is 5.90. The van der Waals surface area contributed by atoms with E-state index in [1.165, 1.54) is 24.1 Å². The summed E-state index contributed by atoms with van der Waals surface area (Å²) in [6.07, 6.45) is -0.463. The van der Waals surface area contributed by atoms with E-state index in [1.54, 1.807) is 12.1 Å². The summed E-state index contributed by atoms with van der Waals surface area (Å²) in [6, 6.07) is 3.20. The van der Waals surface area contributed by atoms with Gasteiger partial charge in [0.2, 0.25) is 17.7 Å². The van der Waals surface area contributed by atoms with Gasteiger partial charge in [-0.15, -0.1) is 5.10 Å². The van der Waals surface area contributed by atoms with Crippen molar-refractivity contribution < 1.29 is 36.6 Å². The van der Waals surface area contributed by atoms with Gasteiger partial charge in [-0.3, -0.25) is 4.79 Å². The van der Waals surface area contributed by atoms with Gasteiger partial charge in [0.15, 0.2) is 5.82 Å². The van der Waals surface area contributed by atoms with Gasteiger partial charge in [0.1, 0.15) is 12.1 Å². The van der Waals surface area contributed by atoms with Crippen molar-refractivity contribution in [3.63, 3.8) is 0 Å². The molecule has 4 heterocycles. The van der Waals surface area contributed by atoms with Gasteiger partial charge in [0.25, 0.3) is 12.3 Å². The monoisotopic (exact) mass is 539 g/mol. The van der Waals surface area contributed by atoms with Crippen LogP contribution in [-0.2, 0) is 11.3 Å². The predicted octanol–water partition coefficient (Wildman–Crippen LogP) is 2.80. The minimum atomic E-state index is -3.36. The van der Waals surface area contributed by atoms with Gasteiger partial charge in [0.05, 0.1) is 55.4 Å². The molecule has 2 N–H and O–H groups in total. The van der Waals surface area contributed by atoms with Crippen molar-refractivity contribution in [3.8, 4) is 17.0 Å². The standard InChI is InChI=1S/C23H22F5N7O3/c1-38-21-20-19(12-2-3-14-15(6-12)34(11-29-14)8-17(25)26)13(24)7-35(20)32-22(31-21)30-16-4-5-33(18(37)9-36)10-23(16,27)28/h2-3,6-7,11,16-17,36H,4-5,8-10H2,1H3,(H,30,32)/t16-/m1/s1. The molecule has 1 saturated heterocycles. The highest BCUT2D eigenvalue weighted by Gasteiger charge is 2.46. The number of alkyl halides is 4. The molecule has 4 aromatic rings. The van der Waals surface area contributed by atoms with Gasteiger partial charge in [-0.2, -0.15) is 4.98 Å². The van der Waals surface area contributed by atoms with Crippen molar-refractivity contribution in [2.75, 3.05) is 32.1 Å². The number of aromatic nitrogens is 5. The zero-order valence-electron chi connectivity index (χ0n) is 19.9. The van der Waals surface area contributed by atoms with Gasteiger partial charge in [-0.05, 0) is 24.1 Å². The van der Waals surface area contributed by atoms with Gasteiger partial charge < -0.3 is 24.6 Å². The topological polar surface area (TPSA) is 110 Å². The summed E-state index contributed by atoms with van der Waals surface area (Å²) >= 11 is 0. The van der Waals surface area contributed by atoms with Gasteiger partial charge in [0, 0.05) is 6.54 Å². The highest BCUT2D eigenvalue weighted by atomic mass is 19.3. The number of carbonyl (C=O) groups is 1. The number of imidazole rings is 1. The summed E-state index contributed by atoms with van der Waals surface area (Å²) in [5, 5.41) is 15.6. The molecule has 1 atom stereocenters. The molecular weight excluding hydrogens is 517 g/mol. The number of hydrogen-bond donors (Lipinski definition) is 2. The summed E-state index contributed by atoms with van der Waals surface area (Å²) in [6.45, 7) is -2.36. The van der Waals surface area contributed by atoms with Crippen molar-refractivity contribution in [3.05, 3.63) is 36.5 Å². The molecule has 0 spiro atoms. The smallest absolute Gasteiger partial charge is 0.285 e. The average molecular weight is 539 g/mol. The summed E-state index contributed by atoms with van der Waals surface area (Å²) < 4.78 is 78.4. The van der Waals surface area contributed by atoms with Crippen LogP contribution in [0.2, 0.25) is 0 Å². The molecule has 1 aliphatic heterocycles. The van der Waals surface area contributed by atoms with Crippen LogP contribution in [0.1, 0.15) is 6.42 Å². The fraction of sp³-hybridized carbons (Fsp3) is 0.391. The number of rotatable bonds is 7. The third-order valence-electron chi connectivity index (χ3n) is 6.38. The highest BCUT2D eigenvalue weighted by Crippen LogP contribution is 2.36. The second-order valence-electron chi connectivity index (χ2n) is 8.80. The lowest BCUT2D eigenvalue weighted by atomic mass is 10.0. The minimum absolute atomic E-state index is 0.0149. The van der Waals surface area contributed by atoms with E-state index in [0.717, 1.165) is 15.6 Å². The molecule has 0 unspecified atom stereocenters. The van der Waals surface area contributed by atoms with Crippen LogP contribution in [0.15, 0.2) is 30.7 Å². The van der Waals surface area contributed by atoms with Crippen LogP contribution >= 0.6 is 0 Å². The quantitative estimate of drug-likeness (QED) is 0.348. The van der Waals surface area contributed by atoms with Crippen LogP contribution in [-0.4, -0.2) is 85.3 Å². The van der Waals surface area contributed by atoms with E-state index in [0.29, 0.717) is 16.6 Å². The molecular formula is C23H22F5N7O3. The summed E-state index contributed by atoms with van der Waals surface area (Å²) in [5.74, 6) is -5.26. The molecule has 10 nitrogen and oxygen atoms in total. The number of methoxy groups -OCH3 is 1. The zero-order valence-corrected chi connectivity index (χ0v) is 19.9. The van der Waals surface area contributed by atoms with Crippen molar-refractivity contribution >= 4 is 28.4 Å². The summed E-state index contributed by atoms with van der Waals surface area (Å²) in [5.41, 5.74) is 1.27. The molecule has 1 fully saturated rings. The molecule has 202 valence electrons. The normalized spacial score (nSPS) is 17.5. The van der Waals surface area contributed by atoms with Gasteiger partial charge in [-0.25, -0.2) is 31.5 Å². The molecule has 15 heteroatoms. The summed E-state index contributed by atoms with van der Waals surface area (Å²) in [7, 11) is 1.27. The second kappa shape index (κ2) is 9.70. The fourth-order valence-electron chi connectivity index (χ4n) is 4.59. The number of aliphatic hydroxyl groups excluding tert-OH is 1. The Balaban J connectivity index is 1.50.